The summed E-state index contributed by atoms with van der Waals surface area (Å²) in [6, 6.07) is 7.39. The fourth-order valence-electron chi connectivity index (χ4n) is 1.76. The Morgan fingerprint density at radius 3 is 2.47 bits per heavy atom. The van der Waals surface area contributed by atoms with Crippen LogP contribution in [0.1, 0.15) is 19.4 Å². The summed E-state index contributed by atoms with van der Waals surface area (Å²) in [4.78, 5) is 13.8. The molecule has 1 amide bonds. The van der Waals surface area contributed by atoms with Crippen LogP contribution in [0.4, 0.5) is 0 Å². The number of rotatable bonds is 5. The van der Waals surface area contributed by atoms with E-state index in [2.05, 4.69) is 15.9 Å². The number of nitrogens with zero attached hydrogens (tertiary/aromatic N) is 1. The molecule has 1 aromatic rings. The van der Waals surface area contributed by atoms with Gasteiger partial charge < -0.3 is 10.6 Å². The number of nitrogens with two attached hydrogens (primary N) is 1. The van der Waals surface area contributed by atoms with Gasteiger partial charge in [0, 0.05) is 17.6 Å². The Bertz CT molecular complexity index is 377. The third-order valence-electron chi connectivity index (χ3n) is 2.79. The van der Waals surface area contributed by atoms with Gasteiger partial charge in [-0.05, 0) is 31.9 Å². The molecule has 1 rings (SSSR count). The van der Waals surface area contributed by atoms with Crippen LogP contribution < -0.4 is 5.73 Å². The van der Waals surface area contributed by atoms with E-state index in [1.165, 1.54) is 0 Å². The summed E-state index contributed by atoms with van der Waals surface area (Å²) in [5.41, 5.74) is 7.03. The van der Waals surface area contributed by atoms with Gasteiger partial charge in [0.2, 0.25) is 5.91 Å². The number of carbonyl (C=O) groups excluding carboxylic acids is 1. The van der Waals surface area contributed by atoms with Gasteiger partial charge in [-0.1, -0.05) is 34.1 Å². The predicted molar refractivity (Wildman–Crippen MR) is 73.7 cm³/mol. The summed E-state index contributed by atoms with van der Waals surface area (Å²) < 4.78 is 1.00. The van der Waals surface area contributed by atoms with Crippen molar-refractivity contribution in [3.05, 3.63) is 34.3 Å². The minimum absolute atomic E-state index is 0.0192. The average Bonchev–Trinajstić information content (AvgIpc) is 2.33. The van der Waals surface area contributed by atoms with Crippen LogP contribution in [0.3, 0.4) is 0 Å². The fraction of sp³-hybridized carbons (Fsp3) is 0.462. The van der Waals surface area contributed by atoms with Crippen molar-refractivity contribution in [2.75, 3.05) is 13.1 Å². The number of likely N-dealkylation sites (N-methyl/N-ethyl adjacent to an activating group) is 1. The number of halogens is 1. The van der Waals surface area contributed by atoms with Gasteiger partial charge in [0.1, 0.15) is 0 Å². The van der Waals surface area contributed by atoms with Crippen LogP contribution in [0.5, 0.6) is 0 Å². The predicted octanol–water partition coefficient (Wildman–Crippen LogP) is 2.19. The SMILES string of the molecule is CCN(CC)C(=O)[C@@H](N)Cc1ccccc1Br. The molecule has 0 aliphatic heterocycles. The van der Waals surface area contributed by atoms with Gasteiger partial charge in [0.15, 0.2) is 0 Å². The summed E-state index contributed by atoms with van der Waals surface area (Å²) in [5, 5.41) is 0. The van der Waals surface area contributed by atoms with E-state index >= 15 is 0 Å². The molecule has 1 aromatic carbocycles. The molecule has 0 heterocycles. The number of hydrogen-bond acceptors (Lipinski definition) is 2. The zero-order valence-electron chi connectivity index (χ0n) is 10.3. The van der Waals surface area contributed by atoms with Gasteiger partial charge in [-0.2, -0.15) is 0 Å². The molecule has 0 fully saturated rings. The first-order chi connectivity index (χ1) is 8.10. The summed E-state index contributed by atoms with van der Waals surface area (Å²) in [7, 11) is 0. The van der Waals surface area contributed by atoms with Crippen LogP contribution >= 0.6 is 15.9 Å². The van der Waals surface area contributed by atoms with Gasteiger partial charge in [-0.3, -0.25) is 4.79 Å². The van der Waals surface area contributed by atoms with Crippen molar-refractivity contribution in [2.45, 2.75) is 26.3 Å². The van der Waals surface area contributed by atoms with Crippen molar-refractivity contribution in [1.29, 1.82) is 0 Å². The van der Waals surface area contributed by atoms with Crippen molar-refractivity contribution in [3.63, 3.8) is 0 Å². The molecule has 0 spiro atoms. The zero-order valence-corrected chi connectivity index (χ0v) is 11.9. The van der Waals surface area contributed by atoms with E-state index in [9.17, 15) is 4.79 Å². The average molecular weight is 299 g/mol. The Morgan fingerprint density at radius 1 is 1.35 bits per heavy atom. The van der Waals surface area contributed by atoms with E-state index in [0.29, 0.717) is 19.5 Å². The highest BCUT2D eigenvalue weighted by atomic mass is 79.9. The van der Waals surface area contributed by atoms with E-state index in [1.54, 1.807) is 4.90 Å². The van der Waals surface area contributed by atoms with Gasteiger partial charge in [-0.15, -0.1) is 0 Å². The number of benzene rings is 1. The smallest absolute Gasteiger partial charge is 0.239 e. The van der Waals surface area contributed by atoms with Crippen LogP contribution in [0.15, 0.2) is 28.7 Å². The summed E-state index contributed by atoms with van der Waals surface area (Å²) in [6.45, 7) is 5.34. The monoisotopic (exact) mass is 298 g/mol. The second kappa shape index (κ2) is 6.77. The summed E-state index contributed by atoms with van der Waals surface area (Å²) in [5.74, 6) is 0.0192. The molecule has 0 aliphatic rings. The normalized spacial score (nSPS) is 12.2. The van der Waals surface area contributed by atoms with Crippen molar-refractivity contribution in [1.82, 2.24) is 4.90 Å². The number of hydrogen-bond donors (Lipinski definition) is 1. The lowest BCUT2D eigenvalue weighted by Crippen LogP contribution is -2.44. The van der Waals surface area contributed by atoms with Crippen LogP contribution in [0.25, 0.3) is 0 Å². The topological polar surface area (TPSA) is 46.3 Å². The van der Waals surface area contributed by atoms with Crippen molar-refractivity contribution >= 4 is 21.8 Å². The van der Waals surface area contributed by atoms with Gasteiger partial charge >= 0.3 is 0 Å². The summed E-state index contributed by atoms with van der Waals surface area (Å²) in [6.07, 6.45) is 0.566. The lowest BCUT2D eigenvalue weighted by molar-refractivity contribution is -0.132. The standard InChI is InChI=1S/C13H19BrN2O/c1-3-16(4-2)13(17)12(15)9-10-7-5-6-8-11(10)14/h5-8,12H,3-4,9,15H2,1-2H3/t12-/m0/s1. The molecular formula is C13H19BrN2O. The van der Waals surface area contributed by atoms with Crippen LogP contribution in [0, 0.1) is 0 Å². The molecular weight excluding hydrogens is 280 g/mol. The third-order valence-corrected chi connectivity index (χ3v) is 3.56. The third kappa shape index (κ3) is 3.82. The first-order valence-electron chi connectivity index (χ1n) is 5.87. The minimum Gasteiger partial charge on any atom is -0.342 e. The second-order valence-corrected chi connectivity index (χ2v) is 4.77. The van der Waals surface area contributed by atoms with E-state index in [-0.39, 0.29) is 5.91 Å². The van der Waals surface area contributed by atoms with Crippen LogP contribution in [-0.4, -0.2) is 29.9 Å². The molecule has 0 saturated heterocycles. The summed E-state index contributed by atoms with van der Waals surface area (Å²) >= 11 is 3.46. The van der Waals surface area contributed by atoms with E-state index in [0.717, 1.165) is 10.0 Å². The lowest BCUT2D eigenvalue weighted by Gasteiger charge is -2.23. The van der Waals surface area contributed by atoms with Crippen molar-refractivity contribution in [2.24, 2.45) is 5.73 Å². The number of carbonyl (C=O) groups is 1. The molecule has 0 bridgehead atoms. The Morgan fingerprint density at radius 2 is 1.94 bits per heavy atom. The molecule has 0 unspecified atom stereocenters. The molecule has 1 atom stereocenters. The van der Waals surface area contributed by atoms with Gasteiger partial charge in [-0.25, -0.2) is 0 Å². The highest BCUT2D eigenvalue weighted by molar-refractivity contribution is 9.10. The largest absolute Gasteiger partial charge is 0.342 e. The van der Waals surface area contributed by atoms with E-state index in [1.807, 2.05) is 38.1 Å². The Balaban J connectivity index is 2.69. The highest BCUT2D eigenvalue weighted by Crippen LogP contribution is 2.17. The molecule has 2 N–H and O–H groups in total. The van der Waals surface area contributed by atoms with Crippen LogP contribution in [-0.2, 0) is 11.2 Å². The zero-order chi connectivity index (χ0) is 12.8. The maximum atomic E-state index is 12.0. The molecule has 0 aromatic heterocycles. The maximum Gasteiger partial charge on any atom is 0.239 e. The number of amides is 1. The van der Waals surface area contributed by atoms with Crippen molar-refractivity contribution < 1.29 is 4.79 Å². The maximum absolute atomic E-state index is 12.0. The molecule has 17 heavy (non-hydrogen) atoms. The first kappa shape index (κ1) is 14.2. The second-order valence-electron chi connectivity index (χ2n) is 3.91. The quantitative estimate of drug-likeness (QED) is 0.906. The van der Waals surface area contributed by atoms with Crippen LogP contribution in [0.2, 0.25) is 0 Å². The molecule has 94 valence electrons. The molecule has 4 heteroatoms. The highest BCUT2D eigenvalue weighted by Gasteiger charge is 2.19. The van der Waals surface area contributed by atoms with Gasteiger partial charge in [0.25, 0.3) is 0 Å². The Hall–Kier alpha value is -0.870. The first-order valence-corrected chi connectivity index (χ1v) is 6.67. The van der Waals surface area contributed by atoms with E-state index < -0.39 is 6.04 Å². The molecule has 0 radical (unpaired) electrons. The lowest BCUT2D eigenvalue weighted by atomic mass is 10.1. The van der Waals surface area contributed by atoms with E-state index in [4.69, 9.17) is 5.73 Å². The van der Waals surface area contributed by atoms with Crippen molar-refractivity contribution in [3.8, 4) is 0 Å². The minimum atomic E-state index is -0.464. The Labute approximate surface area is 111 Å². The fourth-order valence-corrected chi connectivity index (χ4v) is 2.20. The molecule has 3 nitrogen and oxygen atoms in total. The molecule has 0 saturated carbocycles. The van der Waals surface area contributed by atoms with Gasteiger partial charge in [0.05, 0.1) is 6.04 Å². The Kier molecular flexibility index (Phi) is 5.65. The molecule has 0 aliphatic carbocycles.